The second kappa shape index (κ2) is 6.03. The molecule has 0 fully saturated rings. The molecule has 1 rings (SSSR count). The highest BCUT2D eigenvalue weighted by Crippen LogP contribution is 2.11. The lowest BCUT2D eigenvalue weighted by atomic mass is 10.3. The molecule has 1 aromatic carbocycles. The van der Waals surface area contributed by atoms with Crippen LogP contribution >= 0.6 is 0 Å². The van der Waals surface area contributed by atoms with Crippen LogP contribution in [0.3, 0.4) is 0 Å². The van der Waals surface area contributed by atoms with Crippen LogP contribution in [0.25, 0.3) is 0 Å². The first kappa shape index (κ1) is 11.5. The molecule has 0 unspecified atom stereocenters. The molecule has 0 saturated carbocycles. The third-order valence-electron chi connectivity index (χ3n) is 1.92. The van der Waals surface area contributed by atoms with Crippen LogP contribution in [0.5, 0.6) is 0 Å². The predicted octanol–water partition coefficient (Wildman–Crippen LogP) is 1.01. The number of carbonyl (C=O) groups excluding carboxylic acids is 1. The van der Waals surface area contributed by atoms with Crippen molar-refractivity contribution < 1.29 is 14.6 Å². The molecule has 1 N–H and O–H groups in total. The fourth-order valence-electron chi connectivity index (χ4n) is 1.22. The van der Waals surface area contributed by atoms with Crippen LogP contribution in [0.1, 0.15) is 6.92 Å². The minimum Gasteiger partial charge on any atom is -0.465 e. The standard InChI is InChI=1S/C11H15NO3/c1-2-15-11(14)8-12(9-13)10-6-4-3-5-7-10/h3-7,13H,2,8-9H2,1H3. The van der Waals surface area contributed by atoms with Gasteiger partial charge in [-0.15, -0.1) is 0 Å². The van der Waals surface area contributed by atoms with Gasteiger partial charge in [0, 0.05) is 5.69 Å². The van der Waals surface area contributed by atoms with Gasteiger partial charge in [-0.3, -0.25) is 4.79 Å². The van der Waals surface area contributed by atoms with E-state index in [9.17, 15) is 4.79 Å². The Hall–Kier alpha value is -1.55. The van der Waals surface area contributed by atoms with Crippen molar-refractivity contribution in [1.29, 1.82) is 0 Å². The summed E-state index contributed by atoms with van der Waals surface area (Å²) < 4.78 is 4.80. The molecule has 4 heteroatoms. The minimum absolute atomic E-state index is 0.0638. The van der Waals surface area contributed by atoms with Gasteiger partial charge in [-0.2, -0.15) is 0 Å². The molecule has 0 radical (unpaired) electrons. The van der Waals surface area contributed by atoms with Gasteiger partial charge < -0.3 is 14.7 Å². The maximum Gasteiger partial charge on any atom is 0.325 e. The van der Waals surface area contributed by atoms with Crippen molar-refractivity contribution in [3.05, 3.63) is 30.3 Å². The Morgan fingerprint density at radius 1 is 1.40 bits per heavy atom. The minimum atomic E-state index is -0.338. The second-order valence-corrected chi connectivity index (χ2v) is 2.98. The Labute approximate surface area is 89.1 Å². The van der Waals surface area contributed by atoms with Gasteiger partial charge in [0.1, 0.15) is 13.3 Å². The van der Waals surface area contributed by atoms with Crippen molar-refractivity contribution in [3.63, 3.8) is 0 Å². The Bertz CT molecular complexity index is 300. The predicted molar refractivity (Wildman–Crippen MR) is 57.5 cm³/mol. The van der Waals surface area contributed by atoms with Crippen molar-refractivity contribution in [2.45, 2.75) is 6.92 Å². The number of aliphatic hydroxyl groups is 1. The summed E-state index contributed by atoms with van der Waals surface area (Å²) in [4.78, 5) is 12.8. The molecule has 4 nitrogen and oxygen atoms in total. The number of ether oxygens (including phenoxy) is 1. The van der Waals surface area contributed by atoms with Crippen LogP contribution in [-0.4, -0.2) is 31.0 Å². The van der Waals surface area contributed by atoms with Gasteiger partial charge in [-0.25, -0.2) is 0 Å². The fourth-order valence-corrected chi connectivity index (χ4v) is 1.22. The summed E-state index contributed by atoms with van der Waals surface area (Å²) in [6.45, 7) is 1.97. The molecule has 0 spiro atoms. The third-order valence-corrected chi connectivity index (χ3v) is 1.92. The Morgan fingerprint density at radius 3 is 2.60 bits per heavy atom. The summed E-state index contributed by atoms with van der Waals surface area (Å²) in [5, 5.41) is 9.11. The van der Waals surface area contributed by atoms with E-state index in [0.29, 0.717) is 6.61 Å². The average molecular weight is 209 g/mol. The zero-order chi connectivity index (χ0) is 11.1. The van der Waals surface area contributed by atoms with Gasteiger partial charge in [0.25, 0.3) is 0 Å². The van der Waals surface area contributed by atoms with Gasteiger partial charge in [0.2, 0.25) is 0 Å². The molecule has 0 aromatic heterocycles. The molecule has 0 bridgehead atoms. The quantitative estimate of drug-likeness (QED) is 0.580. The molecule has 0 saturated heterocycles. The first-order valence-corrected chi connectivity index (χ1v) is 4.84. The Kier molecular flexibility index (Phi) is 4.63. The topological polar surface area (TPSA) is 49.8 Å². The SMILES string of the molecule is CCOC(=O)CN(CO)c1ccccc1. The zero-order valence-corrected chi connectivity index (χ0v) is 8.72. The van der Waals surface area contributed by atoms with E-state index in [1.54, 1.807) is 6.92 Å². The molecular formula is C11H15NO3. The highest BCUT2D eigenvalue weighted by molar-refractivity contribution is 5.75. The van der Waals surface area contributed by atoms with Crippen LogP contribution in [-0.2, 0) is 9.53 Å². The van der Waals surface area contributed by atoms with E-state index in [1.807, 2.05) is 30.3 Å². The molecule has 82 valence electrons. The van der Waals surface area contributed by atoms with E-state index in [2.05, 4.69) is 0 Å². The highest BCUT2D eigenvalue weighted by atomic mass is 16.5. The monoisotopic (exact) mass is 209 g/mol. The average Bonchev–Trinajstić information content (AvgIpc) is 2.27. The Balaban J connectivity index is 2.61. The molecular weight excluding hydrogens is 194 g/mol. The van der Waals surface area contributed by atoms with E-state index in [4.69, 9.17) is 9.84 Å². The van der Waals surface area contributed by atoms with E-state index >= 15 is 0 Å². The number of para-hydroxylation sites is 1. The molecule has 15 heavy (non-hydrogen) atoms. The van der Waals surface area contributed by atoms with Crippen molar-refractivity contribution >= 4 is 11.7 Å². The van der Waals surface area contributed by atoms with Crippen LogP contribution in [0.15, 0.2) is 30.3 Å². The second-order valence-electron chi connectivity index (χ2n) is 2.98. The largest absolute Gasteiger partial charge is 0.465 e. The number of nitrogens with zero attached hydrogens (tertiary/aromatic N) is 1. The molecule has 0 aliphatic heterocycles. The summed E-state index contributed by atoms with van der Waals surface area (Å²) in [6, 6.07) is 9.24. The van der Waals surface area contributed by atoms with Crippen LogP contribution in [0.4, 0.5) is 5.69 Å². The molecule has 0 heterocycles. The van der Waals surface area contributed by atoms with E-state index < -0.39 is 0 Å². The van der Waals surface area contributed by atoms with Gasteiger partial charge in [0.05, 0.1) is 6.61 Å². The number of aliphatic hydroxyl groups excluding tert-OH is 1. The number of rotatable bonds is 5. The van der Waals surface area contributed by atoms with E-state index in [1.165, 1.54) is 4.90 Å². The van der Waals surface area contributed by atoms with Gasteiger partial charge in [-0.1, -0.05) is 18.2 Å². The normalized spacial score (nSPS) is 9.73. The molecule has 1 aromatic rings. The maximum atomic E-state index is 11.2. The van der Waals surface area contributed by atoms with Crippen molar-refractivity contribution in [1.82, 2.24) is 0 Å². The van der Waals surface area contributed by atoms with Crippen LogP contribution in [0.2, 0.25) is 0 Å². The summed E-state index contributed by atoms with van der Waals surface area (Å²) in [5.74, 6) is -0.338. The summed E-state index contributed by atoms with van der Waals surface area (Å²) in [7, 11) is 0. The lowest BCUT2D eigenvalue weighted by Crippen LogP contribution is -2.31. The van der Waals surface area contributed by atoms with E-state index in [-0.39, 0.29) is 19.2 Å². The third kappa shape index (κ3) is 3.59. The van der Waals surface area contributed by atoms with Gasteiger partial charge >= 0.3 is 5.97 Å². The number of carbonyl (C=O) groups is 1. The number of esters is 1. The van der Waals surface area contributed by atoms with Crippen LogP contribution in [0, 0.1) is 0 Å². The van der Waals surface area contributed by atoms with Crippen molar-refractivity contribution in [2.75, 3.05) is 24.8 Å². The lowest BCUT2D eigenvalue weighted by molar-refractivity contribution is -0.141. The maximum absolute atomic E-state index is 11.2. The van der Waals surface area contributed by atoms with Gasteiger partial charge in [0.15, 0.2) is 0 Å². The van der Waals surface area contributed by atoms with Crippen molar-refractivity contribution in [3.8, 4) is 0 Å². The summed E-state index contributed by atoms with van der Waals surface area (Å²) in [5.41, 5.74) is 0.799. The van der Waals surface area contributed by atoms with Gasteiger partial charge in [-0.05, 0) is 19.1 Å². The number of hydrogen-bond acceptors (Lipinski definition) is 4. The summed E-state index contributed by atoms with van der Waals surface area (Å²) in [6.07, 6.45) is 0. The Morgan fingerprint density at radius 2 is 2.07 bits per heavy atom. The highest BCUT2D eigenvalue weighted by Gasteiger charge is 2.10. The number of hydrogen-bond donors (Lipinski definition) is 1. The summed E-state index contributed by atoms with van der Waals surface area (Å²) >= 11 is 0. The molecule has 0 amide bonds. The first-order chi connectivity index (χ1) is 7.27. The van der Waals surface area contributed by atoms with Crippen LogP contribution < -0.4 is 4.90 Å². The van der Waals surface area contributed by atoms with E-state index in [0.717, 1.165) is 5.69 Å². The van der Waals surface area contributed by atoms with Crippen molar-refractivity contribution in [2.24, 2.45) is 0 Å². The number of anilines is 1. The first-order valence-electron chi connectivity index (χ1n) is 4.84. The smallest absolute Gasteiger partial charge is 0.325 e. The number of benzene rings is 1. The fraction of sp³-hybridized carbons (Fsp3) is 0.364. The zero-order valence-electron chi connectivity index (χ0n) is 8.72. The molecule has 0 aliphatic carbocycles. The lowest BCUT2D eigenvalue weighted by Gasteiger charge is -2.20. The molecule has 0 atom stereocenters. The molecule has 0 aliphatic rings.